The molecule has 128 valence electrons. The summed E-state index contributed by atoms with van der Waals surface area (Å²) >= 11 is 1.23. The third-order valence-electron chi connectivity index (χ3n) is 3.33. The van der Waals surface area contributed by atoms with Gasteiger partial charge in [-0.25, -0.2) is 18.6 Å². The second kappa shape index (κ2) is 7.40. The van der Waals surface area contributed by atoms with Crippen molar-refractivity contribution in [1.29, 1.82) is 0 Å². The lowest BCUT2D eigenvalue weighted by Crippen LogP contribution is -2.12. The van der Waals surface area contributed by atoms with Crippen LogP contribution in [0.1, 0.15) is 6.92 Å². The summed E-state index contributed by atoms with van der Waals surface area (Å²) in [5.74, 6) is -0.707. The summed E-state index contributed by atoms with van der Waals surface area (Å²) in [4.78, 5) is 16.3. The highest BCUT2D eigenvalue weighted by Crippen LogP contribution is 2.38. The molecule has 0 aliphatic carbocycles. The minimum absolute atomic E-state index is 0.237. The summed E-state index contributed by atoms with van der Waals surface area (Å²) in [7, 11) is 0. The van der Waals surface area contributed by atoms with Crippen LogP contribution in [-0.4, -0.2) is 17.7 Å². The highest BCUT2D eigenvalue weighted by molar-refractivity contribution is 7.19. The van der Waals surface area contributed by atoms with E-state index < -0.39 is 6.09 Å². The Morgan fingerprint density at radius 1 is 1.04 bits per heavy atom. The van der Waals surface area contributed by atoms with E-state index in [1.54, 1.807) is 31.2 Å². The molecule has 0 radical (unpaired) electrons. The maximum atomic E-state index is 13.2. The van der Waals surface area contributed by atoms with E-state index in [0.29, 0.717) is 26.8 Å². The zero-order chi connectivity index (χ0) is 17.8. The molecule has 0 bridgehead atoms. The molecule has 1 aromatic heterocycles. The predicted octanol–water partition coefficient (Wildman–Crippen LogP) is 5.32. The molecule has 0 saturated heterocycles. The van der Waals surface area contributed by atoms with Crippen molar-refractivity contribution in [3.8, 4) is 21.8 Å². The summed E-state index contributed by atoms with van der Waals surface area (Å²) in [6.07, 6.45) is -0.597. The second-order valence-corrected chi connectivity index (χ2v) is 6.06. The average Bonchev–Trinajstić information content (AvgIpc) is 3.00. The zero-order valence-electron chi connectivity index (χ0n) is 13.3. The Kier molecular flexibility index (Phi) is 5.04. The van der Waals surface area contributed by atoms with Crippen LogP contribution in [0.3, 0.4) is 0 Å². The topological polar surface area (TPSA) is 51.2 Å². The summed E-state index contributed by atoms with van der Waals surface area (Å²) in [5, 5.41) is 3.73. The Labute approximate surface area is 147 Å². The van der Waals surface area contributed by atoms with Gasteiger partial charge in [0.05, 0.1) is 6.61 Å². The first kappa shape index (κ1) is 17.0. The molecule has 1 heterocycles. The molecule has 7 heteroatoms. The largest absolute Gasteiger partial charge is 0.450 e. The number of carbonyl (C=O) groups is 1. The number of thiazole rings is 1. The highest BCUT2D eigenvalue weighted by atomic mass is 32.1. The van der Waals surface area contributed by atoms with E-state index in [0.717, 1.165) is 0 Å². The predicted molar refractivity (Wildman–Crippen MR) is 93.5 cm³/mol. The smallest absolute Gasteiger partial charge is 0.412 e. The van der Waals surface area contributed by atoms with Crippen molar-refractivity contribution in [2.24, 2.45) is 0 Å². The summed E-state index contributed by atoms with van der Waals surface area (Å²) in [6, 6.07) is 11.7. The lowest BCUT2D eigenvalue weighted by Gasteiger charge is -2.05. The number of halogens is 2. The number of hydrogen-bond acceptors (Lipinski definition) is 4. The molecule has 0 atom stereocenters. The van der Waals surface area contributed by atoms with Crippen molar-refractivity contribution in [2.75, 3.05) is 11.9 Å². The number of benzene rings is 2. The molecule has 0 saturated carbocycles. The molecule has 1 N–H and O–H groups in total. The van der Waals surface area contributed by atoms with Gasteiger partial charge in [0.15, 0.2) is 0 Å². The van der Waals surface area contributed by atoms with Crippen LogP contribution in [0.2, 0.25) is 0 Å². The van der Waals surface area contributed by atoms with E-state index in [2.05, 4.69) is 10.3 Å². The van der Waals surface area contributed by atoms with Gasteiger partial charge >= 0.3 is 6.09 Å². The molecule has 3 rings (SSSR count). The summed E-state index contributed by atoms with van der Waals surface area (Å²) in [6.45, 7) is 1.94. The number of nitrogens with one attached hydrogen (secondary N) is 1. The van der Waals surface area contributed by atoms with Crippen molar-refractivity contribution in [1.82, 2.24) is 4.98 Å². The van der Waals surface area contributed by atoms with Gasteiger partial charge in [-0.05, 0) is 55.5 Å². The van der Waals surface area contributed by atoms with Crippen LogP contribution >= 0.6 is 11.3 Å². The van der Waals surface area contributed by atoms with E-state index in [4.69, 9.17) is 4.74 Å². The molecule has 25 heavy (non-hydrogen) atoms. The fourth-order valence-electron chi connectivity index (χ4n) is 2.18. The Balaban J connectivity index is 2.02. The van der Waals surface area contributed by atoms with E-state index in [-0.39, 0.29) is 18.2 Å². The first-order chi connectivity index (χ1) is 12.1. The van der Waals surface area contributed by atoms with Crippen molar-refractivity contribution >= 4 is 22.4 Å². The Morgan fingerprint density at radius 2 is 1.60 bits per heavy atom. The number of nitrogens with zero attached hydrogens (tertiary/aromatic N) is 1. The monoisotopic (exact) mass is 360 g/mol. The highest BCUT2D eigenvalue weighted by Gasteiger charge is 2.17. The fourth-order valence-corrected chi connectivity index (χ4v) is 3.16. The fraction of sp³-hybridized carbons (Fsp3) is 0.111. The molecule has 0 aliphatic heterocycles. The minimum Gasteiger partial charge on any atom is -0.450 e. The third kappa shape index (κ3) is 4.00. The van der Waals surface area contributed by atoms with Gasteiger partial charge in [0.25, 0.3) is 0 Å². The lowest BCUT2D eigenvalue weighted by molar-refractivity contribution is 0.168. The van der Waals surface area contributed by atoms with Gasteiger partial charge in [0.2, 0.25) is 0 Å². The van der Waals surface area contributed by atoms with Crippen molar-refractivity contribution in [3.05, 3.63) is 60.2 Å². The normalized spacial score (nSPS) is 10.5. The Hall–Kier alpha value is -2.80. The number of amides is 1. The molecule has 3 aromatic rings. The van der Waals surface area contributed by atoms with Gasteiger partial charge in [0.1, 0.15) is 27.3 Å². The lowest BCUT2D eigenvalue weighted by atomic mass is 10.1. The van der Waals surface area contributed by atoms with Crippen LogP contribution in [0.5, 0.6) is 0 Å². The molecule has 0 fully saturated rings. The molecular weight excluding hydrogens is 346 g/mol. The number of hydrogen-bond donors (Lipinski definition) is 1. The molecule has 0 unspecified atom stereocenters. The van der Waals surface area contributed by atoms with Gasteiger partial charge in [0, 0.05) is 11.1 Å². The molecule has 4 nitrogen and oxygen atoms in total. The minimum atomic E-state index is -0.597. The second-order valence-electron chi connectivity index (χ2n) is 5.06. The number of carbonyl (C=O) groups excluding carboxylic acids is 1. The van der Waals surface area contributed by atoms with Crippen LogP contribution in [0.4, 0.5) is 18.6 Å². The van der Waals surface area contributed by atoms with Crippen molar-refractivity contribution in [3.63, 3.8) is 0 Å². The quantitative estimate of drug-likeness (QED) is 0.685. The van der Waals surface area contributed by atoms with Crippen LogP contribution in [0.15, 0.2) is 48.5 Å². The van der Waals surface area contributed by atoms with Gasteiger partial charge in [-0.1, -0.05) is 11.3 Å². The Morgan fingerprint density at radius 3 is 2.16 bits per heavy atom. The number of rotatable bonds is 4. The average molecular weight is 360 g/mol. The molecule has 0 spiro atoms. The van der Waals surface area contributed by atoms with Crippen LogP contribution in [0, 0.1) is 11.6 Å². The van der Waals surface area contributed by atoms with E-state index in [9.17, 15) is 13.6 Å². The van der Waals surface area contributed by atoms with Crippen LogP contribution < -0.4 is 5.32 Å². The first-order valence-corrected chi connectivity index (χ1v) is 8.35. The van der Waals surface area contributed by atoms with E-state index in [1.807, 2.05) is 0 Å². The SMILES string of the molecule is CCOC(=O)Nc1sc(-c2ccc(F)cc2)nc1-c1ccc(F)cc1. The number of ether oxygens (including phenoxy) is 1. The van der Waals surface area contributed by atoms with Crippen LogP contribution in [-0.2, 0) is 4.74 Å². The van der Waals surface area contributed by atoms with Crippen molar-refractivity contribution in [2.45, 2.75) is 6.92 Å². The van der Waals surface area contributed by atoms with Crippen LogP contribution in [0.25, 0.3) is 21.8 Å². The van der Waals surface area contributed by atoms with Crippen molar-refractivity contribution < 1.29 is 18.3 Å². The molecule has 2 aromatic carbocycles. The first-order valence-electron chi connectivity index (χ1n) is 7.53. The summed E-state index contributed by atoms with van der Waals surface area (Å²) in [5.41, 5.74) is 1.86. The third-order valence-corrected chi connectivity index (χ3v) is 4.35. The molecular formula is C18H14F2N2O2S. The summed E-state index contributed by atoms with van der Waals surface area (Å²) < 4.78 is 31.2. The van der Waals surface area contributed by atoms with E-state index >= 15 is 0 Å². The van der Waals surface area contributed by atoms with Gasteiger partial charge in [-0.15, -0.1) is 0 Å². The van der Waals surface area contributed by atoms with Gasteiger partial charge in [-0.3, -0.25) is 5.32 Å². The van der Waals surface area contributed by atoms with E-state index in [1.165, 1.54) is 35.6 Å². The molecule has 1 amide bonds. The Bertz CT molecular complexity index is 877. The molecule has 0 aliphatic rings. The zero-order valence-corrected chi connectivity index (χ0v) is 14.1. The number of anilines is 1. The van der Waals surface area contributed by atoms with Gasteiger partial charge in [-0.2, -0.15) is 0 Å². The number of aromatic nitrogens is 1. The maximum absolute atomic E-state index is 13.2. The standard InChI is InChI=1S/C18H14F2N2O2S/c1-2-24-18(23)22-17-15(11-3-7-13(19)8-4-11)21-16(25-17)12-5-9-14(20)10-6-12/h3-10H,2H2,1H3,(H,22,23). The van der Waals surface area contributed by atoms with Gasteiger partial charge < -0.3 is 4.74 Å². The maximum Gasteiger partial charge on any atom is 0.412 e.